The zero-order chi connectivity index (χ0) is 21.2. The first-order chi connectivity index (χ1) is 15.2. The van der Waals surface area contributed by atoms with Gasteiger partial charge in [-0.1, -0.05) is 36.4 Å². The lowest BCUT2D eigenvalue weighted by molar-refractivity contribution is 0.462. The second kappa shape index (κ2) is 7.91. The molecule has 5 rings (SSSR count). The van der Waals surface area contributed by atoms with E-state index in [0.29, 0.717) is 29.2 Å². The van der Waals surface area contributed by atoms with Crippen molar-refractivity contribution in [1.82, 2.24) is 29.7 Å². The van der Waals surface area contributed by atoms with Crippen LogP contribution in [0.25, 0.3) is 22.4 Å². The molecule has 0 atom stereocenters. The fraction of sp³-hybridized carbons (Fsp3) is 0.0870. The third kappa shape index (κ3) is 3.71. The first kappa shape index (κ1) is 18.8. The molecule has 31 heavy (non-hydrogen) atoms. The molecule has 5 aromatic rings. The zero-order valence-electron chi connectivity index (χ0n) is 16.4. The molecule has 0 aliphatic rings. The monoisotopic (exact) mass is 412 g/mol. The van der Waals surface area contributed by atoms with Crippen molar-refractivity contribution in [1.29, 1.82) is 0 Å². The molecule has 0 aliphatic heterocycles. The highest BCUT2D eigenvalue weighted by molar-refractivity contribution is 5.91. The molecule has 0 radical (unpaired) electrons. The van der Waals surface area contributed by atoms with Crippen molar-refractivity contribution in [2.24, 2.45) is 0 Å². The van der Waals surface area contributed by atoms with Gasteiger partial charge in [-0.05, 0) is 18.2 Å². The van der Waals surface area contributed by atoms with E-state index in [-0.39, 0.29) is 18.1 Å². The molecule has 2 aromatic carbocycles. The van der Waals surface area contributed by atoms with E-state index in [4.69, 9.17) is 5.10 Å². The van der Waals surface area contributed by atoms with Crippen LogP contribution in [0, 0.1) is 5.82 Å². The van der Waals surface area contributed by atoms with E-state index in [2.05, 4.69) is 19.9 Å². The molecule has 0 unspecified atom stereocenters. The molecule has 3 heterocycles. The second-order valence-corrected chi connectivity index (χ2v) is 7.02. The van der Waals surface area contributed by atoms with Gasteiger partial charge in [0.05, 0.1) is 24.0 Å². The van der Waals surface area contributed by atoms with Crippen LogP contribution in [0.2, 0.25) is 0 Å². The van der Waals surface area contributed by atoms with Crippen molar-refractivity contribution in [2.75, 3.05) is 0 Å². The Labute approximate surface area is 176 Å². The molecule has 0 amide bonds. The quantitative estimate of drug-likeness (QED) is 0.473. The summed E-state index contributed by atoms with van der Waals surface area (Å²) in [6, 6.07) is 16.1. The van der Waals surface area contributed by atoms with E-state index >= 15 is 0 Å². The maximum Gasteiger partial charge on any atom is 0.181 e. The Morgan fingerprint density at radius 1 is 0.968 bits per heavy atom. The molecule has 0 spiro atoms. The number of aromatic nitrogens is 6. The van der Waals surface area contributed by atoms with Crippen LogP contribution in [-0.4, -0.2) is 34.8 Å². The number of benzene rings is 2. The summed E-state index contributed by atoms with van der Waals surface area (Å²) in [6.07, 6.45) is 4.78. The average molecular weight is 412 g/mol. The molecular weight excluding hydrogens is 395 g/mol. The molecule has 0 bridgehead atoms. The number of nitrogens with zero attached hydrogens (tertiary/aromatic N) is 6. The third-order valence-corrected chi connectivity index (χ3v) is 4.99. The van der Waals surface area contributed by atoms with Crippen LogP contribution in [0.15, 0.2) is 73.3 Å². The third-order valence-electron chi connectivity index (χ3n) is 4.99. The predicted octanol–water partition coefficient (Wildman–Crippen LogP) is 3.77. The first-order valence-corrected chi connectivity index (χ1v) is 9.68. The number of hydrogen-bond acceptors (Lipinski definition) is 6. The summed E-state index contributed by atoms with van der Waals surface area (Å²) < 4.78 is 15.9. The van der Waals surface area contributed by atoms with Gasteiger partial charge in [0.1, 0.15) is 17.8 Å². The van der Waals surface area contributed by atoms with Gasteiger partial charge < -0.3 is 5.11 Å². The van der Waals surface area contributed by atoms with Crippen LogP contribution in [0.1, 0.15) is 17.0 Å². The number of para-hydroxylation sites is 1. The number of hydrogen-bond donors (Lipinski definition) is 1. The smallest absolute Gasteiger partial charge is 0.181 e. The highest BCUT2D eigenvalue weighted by Crippen LogP contribution is 2.28. The Bertz CT molecular complexity index is 1370. The van der Waals surface area contributed by atoms with E-state index in [1.165, 1.54) is 18.6 Å². The van der Waals surface area contributed by atoms with E-state index < -0.39 is 0 Å². The average Bonchev–Trinajstić information content (AvgIpc) is 3.16. The molecular formula is C23H17FN6O. The van der Waals surface area contributed by atoms with Gasteiger partial charge in [0.15, 0.2) is 11.6 Å². The van der Waals surface area contributed by atoms with E-state index in [0.717, 1.165) is 16.6 Å². The summed E-state index contributed by atoms with van der Waals surface area (Å²) in [5.41, 5.74) is 3.12. The molecule has 3 aromatic heterocycles. The van der Waals surface area contributed by atoms with Gasteiger partial charge in [0.25, 0.3) is 0 Å². The number of fused-ring (bicyclic) bond motifs is 1. The lowest BCUT2D eigenvalue weighted by atomic mass is 10.1. The summed E-state index contributed by atoms with van der Waals surface area (Å²) in [7, 11) is 0. The minimum absolute atomic E-state index is 0.0162. The molecule has 0 saturated heterocycles. The second-order valence-electron chi connectivity index (χ2n) is 7.02. The maximum atomic E-state index is 14.2. The van der Waals surface area contributed by atoms with Crippen LogP contribution < -0.4 is 0 Å². The number of halogens is 1. The van der Waals surface area contributed by atoms with Crippen molar-refractivity contribution < 1.29 is 9.50 Å². The fourth-order valence-electron chi connectivity index (χ4n) is 3.45. The van der Waals surface area contributed by atoms with E-state index in [9.17, 15) is 9.50 Å². The van der Waals surface area contributed by atoms with E-state index in [1.807, 2.05) is 24.3 Å². The maximum absolute atomic E-state index is 14.2. The van der Waals surface area contributed by atoms with Gasteiger partial charge in [-0.25, -0.2) is 24.3 Å². The van der Waals surface area contributed by atoms with Gasteiger partial charge in [-0.3, -0.25) is 4.68 Å². The lowest BCUT2D eigenvalue weighted by Crippen LogP contribution is -2.04. The van der Waals surface area contributed by atoms with Crippen molar-refractivity contribution in [3.8, 4) is 17.3 Å². The Balaban J connectivity index is 1.58. The normalized spacial score (nSPS) is 11.1. The summed E-state index contributed by atoms with van der Waals surface area (Å²) >= 11 is 0. The fourth-order valence-corrected chi connectivity index (χ4v) is 3.45. The highest BCUT2D eigenvalue weighted by atomic mass is 19.1. The summed E-state index contributed by atoms with van der Waals surface area (Å²) in [6.45, 7) is 0.277. The molecule has 152 valence electrons. The lowest BCUT2D eigenvalue weighted by Gasteiger charge is -2.05. The van der Waals surface area contributed by atoms with Crippen molar-refractivity contribution >= 4 is 10.9 Å². The topological polar surface area (TPSA) is 89.6 Å². The first-order valence-electron chi connectivity index (χ1n) is 9.68. The zero-order valence-corrected chi connectivity index (χ0v) is 16.4. The van der Waals surface area contributed by atoms with Crippen molar-refractivity contribution in [3.63, 3.8) is 0 Å². The minimum Gasteiger partial charge on any atom is -0.504 e. The van der Waals surface area contributed by atoms with Gasteiger partial charge in [0, 0.05) is 29.3 Å². The van der Waals surface area contributed by atoms with Gasteiger partial charge >= 0.3 is 0 Å². The predicted molar refractivity (Wildman–Crippen MR) is 113 cm³/mol. The molecule has 0 aliphatic carbocycles. The molecule has 0 fully saturated rings. The highest BCUT2D eigenvalue weighted by Gasteiger charge is 2.17. The summed E-state index contributed by atoms with van der Waals surface area (Å²) in [4.78, 5) is 16.9. The minimum atomic E-state index is -0.281. The molecule has 1 N–H and O–H groups in total. The number of aromatic hydroxyl groups is 1. The van der Waals surface area contributed by atoms with Crippen LogP contribution >= 0.6 is 0 Å². The summed E-state index contributed by atoms with van der Waals surface area (Å²) in [5.74, 6) is 0.0828. The summed E-state index contributed by atoms with van der Waals surface area (Å²) in [5, 5.41) is 15.8. The molecule has 0 saturated carbocycles. The van der Waals surface area contributed by atoms with Gasteiger partial charge in [-0.2, -0.15) is 5.10 Å². The molecule has 7 nitrogen and oxygen atoms in total. The Kier molecular flexibility index (Phi) is 4.80. The standard InChI is InChI=1S/C23H17FN6O/c24-18-7-3-1-5-15(18)13-30-20-8-4-2-6-17(20)22(29-30)23-26-12-21(31)19(28-23)11-16-9-10-25-14-27-16/h1-10,12,14,31H,11,13H2. The Morgan fingerprint density at radius 3 is 2.65 bits per heavy atom. The van der Waals surface area contributed by atoms with Crippen molar-refractivity contribution in [3.05, 3.63) is 96.1 Å². The van der Waals surface area contributed by atoms with Crippen LogP contribution in [-0.2, 0) is 13.0 Å². The van der Waals surface area contributed by atoms with Crippen molar-refractivity contribution in [2.45, 2.75) is 13.0 Å². The number of rotatable bonds is 5. The van der Waals surface area contributed by atoms with Crippen LogP contribution in [0.4, 0.5) is 4.39 Å². The van der Waals surface area contributed by atoms with Crippen LogP contribution in [0.3, 0.4) is 0 Å². The van der Waals surface area contributed by atoms with Crippen LogP contribution in [0.5, 0.6) is 5.75 Å². The van der Waals surface area contributed by atoms with E-state index in [1.54, 1.807) is 35.1 Å². The Morgan fingerprint density at radius 2 is 1.81 bits per heavy atom. The van der Waals surface area contributed by atoms with Gasteiger partial charge in [-0.15, -0.1) is 0 Å². The van der Waals surface area contributed by atoms with Gasteiger partial charge in [0.2, 0.25) is 0 Å². The largest absolute Gasteiger partial charge is 0.504 e. The Hall–Kier alpha value is -4.20. The SMILES string of the molecule is Oc1cnc(-c2nn(Cc3ccccc3F)c3ccccc23)nc1Cc1ccncn1. The molecule has 8 heteroatoms.